The van der Waals surface area contributed by atoms with Gasteiger partial charge < -0.3 is 5.32 Å². The molecule has 0 aliphatic carbocycles. The van der Waals surface area contributed by atoms with Crippen LogP contribution in [-0.4, -0.2) is 35.3 Å². The van der Waals surface area contributed by atoms with E-state index in [4.69, 9.17) is 0 Å². The van der Waals surface area contributed by atoms with Gasteiger partial charge in [-0.25, -0.2) is 9.37 Å². The molecule has 0 saturated heterocycles. The molecule has 0 unspecified atom stereocenters. The zero-order valence-corrected chi connectivity index (χ0v) is 14.0. The molecule has 4 heterocycles. The summed E-state index contributed by atoms with van der Waals surface area (Å²) in [5, 5.41) is 14.9. The lowest BCUT2D eigenvalue weighted by molar-refractivity contribution is 0.102. The first-order valence-corrected chi connectivity index (χ1v) is 7.78. The van der Waals surface area contributed by atoms with E-state index in [1.54, 1.807) is 15.1 Å². The molecule has 0 aliphatic rings. The van der Waals surface area contributed by atoms with Gasteiger partial charge in [0.2, 0.25) is 0 Å². The van der Waals surface area contributed by atoms with E-state index < -0.39 is 11.7 Å². The Morgan fingerprint density at radius 3 is 2.81 bits per heavy atom. The first kappa shape index (κ1) is 15.9. The molecule has 0 aliphatic heterocycles. The van der Waals surface area contributed by atoms with Crippen molar-refractivity contribution in [3.8, 4) is 11.3 Å². The molecule has 0 bridgehead atoms. The number of anilines is 1. The summed E-state index contributed by atoms with van der Waals surface area (Å²) in [6, 6.07) is 6.26. The van der Waals surface area contributed by atoms with Gasteiger partial charge in [0.05, 0.1) is 23.1 Å². The van der Waals surface area contributed by atoms with E-state index in [1.165, 1.54) is 18.5 Å². The second-order valence-corrected chi connectivity index (χ2v) is 5.81. The zero-order chi connectivity index (χ0) is 18.3. The average molecular weight is 351 g/mol. The molecule has 0 atom stereocenters. The van der Waals surface area contributed by atoms with Crippen molar-refractivity contribution in [2.75, 3.05) is 5.32 Å². The minimum Gasteiger partial charge on any atom is -0.306 e. The molecule has 130 valence electrons. The summed E-state index contributed by atoms with van der Waals surface area (Å²) >= 11 is 0. The maximum atomic E-state index is 13.0. The Morgan fingerprint density at radius 2 is 2.12 bits per heavy atom. The number of aryl methyl sites for hydroxylation is 2. The molecule has 4 rings (SSSR count). The lowest BCUT2D eigenvalue weighted by atomic mass is 10.1. The predicted molar refractivity (Wildman–Crippen MR) is 92.1 cm³/mol. The van der Waals surface area contributed by atoms with Gasteiger partial charge in [0.25, 0.3) is 5.91 Å². The fourth-order valence-electron chi connectivity index (χ4n) is 2.76. The van der Waals surface area contributed by atoms with Gasteiger partial charge in [-0.3, -0.25) is 13.9 Å². The van der Waals surface area contributed by atoms with E-state index in [2.05, 4.69) is 25.6 Å². The number of hydrogen-bond acceptors (Lipinski definition) is 5. The van der Waals surface area contributed by atoms with Crippen molar-refractivity contribution in [3.63, 3.8) is 0 Å². The molecule has 0 radical (unpaired) electrons. The number of nitrogens with zero attached hydrogens (tertiary/aromatic N) is 6. The maximum absolute atomic E-state index is 13.0. The van der Waals surface area contributed by atoms with Crippen LogP contribution in [0.4, 0.5) is 10.2 Å². The van der Waals surface area contributed by atoms with Crippen LogP contribution in [0, 0.1) is 12.7 Å². The number of carbonyl (C=O) groups is 1. The topological polar surface area (TPSA) is 90.0 Å². The minimum absolute atomic E-state index is 0.246. The molecule has 8 nitrogen and oxygen atoms in total. The van der Waals surface area contributed by atoms with Gasteiger partial charge in [0.1, 0.15) is 18.0 Å². The standard InChI is InChI=1S/C17H14FN7O/c1-10-5-14(24(2)23-10)11-6-13(16-22-20-9-25(16)8-11)17(26)21-15-4-3-12(18)7-19-15/h3-9H,1-2H3,(H,19,21,26). The largest absolute Gasteiger partial charge is 0.306 e. The molecule has 0 fully saturated rings. The lowest BCUT2D eigenvalue weighted by Crippen LogP contribution is -2.15. The SMILES string of the molecule is Cc1cc(-c2cc(C(=O)Nc3ccc(F)cn3)c3nncn3c2)n(C)n1. The average Bonchev–Trinajstić information content (AvgIpc) is 3.21. The number of rotatable bonds is 3. The van der Waals surface area contributed by atoms with Crippen LogP contribution in [0.5, 0.6) is 0 Å². The van der Waals surface area contributed by atoms with Crippen molar-refractivity contribution in [3.05, 3.63) is 60.1 Å². The van der Waals surface area contributed by atoms with Gasteiger partial charge in [-0.15, -0.1) is 10.2 Å². The first-order chi connectivity index (χ1) is 12.5. The minimum atomic E-state index is -0.476. The Kier molecular flexibility index (Phi) is 3.68. The van der Waals surface area contributed by atoms with Gasteiger partial charge in [0, 0.05) is 18.8 Å². The fraction of sp³-hybridized carbons (Fsp3) is 0.118. The number of hydrogen-bond donors (Lipinski definition) is 1. The Hall–Kier alpha value is -3.62. The molecule has 26 heavy (non-hydrogen) atoms. The Morgan fingerprint density at radius 1 is 1.27 bits per heavy atom. The molecule has 9 heteroatoms. The molecule has 0 saturated carbocycles. The number of fused-ring (bicyclic) bond motifs is 1. The van der Waals surface area contributed by atoms with E-state index in [-0.39, 0.29) is 5.82 Å². The summed E-state index contributed by atoms with van der Waals surface area (Å²) in [7, 11) is 1.83. The van der Waals surface area contributed by atoms with Crippen molar-refractivity contribution in [1.29, 1.82) is 0 Å². The highest BCUT2D eigenvalue weighted by Crippen LogP contribution is 2.23. The summed E-state index contributed by atoms with van der Waals surface area (Å²) in [6.07, 6.45) is 4.39. The normalized spacial score (nSPS) is 11.0. The second kappa shape index (κ2) is 6.03. The molecule has 0 aromatic carbocycles. The highest BCUT2D eigenvalue weighted by atomic mass is 19.1. The third kappa shape index (κ3) is 2.79. The summed E-state index contributed by atoms with van der Waals surface area (Å²) in [6.45, 7) is 1.90. The van der Waals surface area contributed by atoms with Gasteiger partial charge in [-0.1, -0.05) is 0 Å². The summed E-state index contributed by atoms with van der Waals surface area (Å²) in [5.41, 5.74) is 3.25. The van der Waals surface area contributed by atoms with Gasteiger partial charge in [-0.2, -0.15) is 5.10 Å². The number of amides is 1. The molecule has 4 aromatic heterocycles. The van der Waals surface area contributed by atoms with Crippen LogP contribution in [0.25, 0.3) is 16.9 Å². The molecule has 1 amide bonds. The molecule has 0 spiro atoms. The first-order valence-electron chi connectivity index (χ1n) is 7.78. The van der Waals surface area contributed by atoms with Crippen molar-refractivity contribution in [2.24, 2.45) is 7.05 Å². The van der Waals surface area contributed by atoms with Crippen LogP contribution >= 0.6 is 0 Å². The van der Waals surface area contributed by atoms with Gasteiger partial charge >= 0.3 is 0 Å². The summed E-state index contributed by atoms with van der Waals surface area (Å²) < 4.78 is 16.4. The number of pyridine rings is 2. The van der Waals surface area contributed by atoms with Gasteiger partial charge in [-0.05, 0) is 31.2 Å². The zero-order valence-electron chi connectivity index (χ0n) is 14.0. The molecule has 1 N–H and O–H groups in total. The Balaban J connectivity index is 1.78. The second-order valence-electron chi connectivity index (χ2n) is 5.81. The summed E-state index contributed by atoms with van der Waals surface area (Å²) in [5.74, 6) is -0.643. The van der Waals surface area contributed by atoms with Crippen molar-refractivity contribution in [2.45, 2.75) is 6.92 Å². The monoisotopic (exact) mass is 351 g/mol. The van der Waals surface area contributed by atoms with E-state index in [0.29, 0.717) is 11.2 Å². The Labute approximate surface area is 147 Å². The lowest BCUT2D eigenvalue weighted by Gasteiger charge is -2.09. The Bertz CT molecular complexity index is 1110. The number of aromatic nitrogens is 6. The molecular formula is C17H14FN7O. The van der Waals surface area contributed by atoms with Crippen LogP contribution in [-0.2, 0) is 7.05 Å². The highest BCUT2D eigenvalue weighted by Gasteiger charge is 2.17. The third-order valence-electron chi connectivity index (χ3n) is 3.90. The number of halogens is 1. The van der Waals surface area contributed by atoms with Crippen LogP contribution in [0.15, 0.2) is 43.0 Å². The summed E-state index contributed by atoms with van der Waals surface area (Å²) in [4.78, 5) is 16.6. The van der Waals surface area contributed by atoms with E-state index >= 15 is 0 Å². The number of carbonyl (C=O) groups excluding carboxylic acids is 1. The number of nitrogens with one attached hydrogen (secondary N) is 1. The van der Waals surface area contributed by atoms with Crippen LogP contribution in [0.3, 0.4) is 0 Å². The van der Waals surface area contributed by atoms with Crippen molar-refractivity contribution in [1.82, 2.24) is 29.4 Å². The molecular weight excluding hydrogens is 337 g/mol. The fourth-order valence-corrected chi connectivity index (χ4v) is 2.76. The van der Waals surface area contributed by atoms with Crippen LogP contribution in [0.2, 0.25) is 0 Å². The quantitative estimate of drug-likeness (QED) is 0.611. The predicted octanol–water partition coefficient (Wildman–Crippen LogP) is 2.22. The van der Waals surface area contributed by atoms with E-state index in [1.807, 2.05) is 26.2 Å². The molecule has 4 aromatic rings. The van der Waals surface area contributed by atoms with Crippen LogP contribution in [0.1, 0.15) is 16.1 Å². The van der Waals surface area contributed by atoms with Crippen molar-refractivity contribution >= 4 is 17.4 Å². The smallest absolute Gasteiger partial charge is 0.260 e. The van der Waals surface area contributed by atoms with Crippen molar-refractivity contribution < 1.29 is 9.18 Å². The third-order valence-corrected chi connectivity index (χ3v) is 3.90. The van der Waals surface area contributed by atoms with Crippen LogP contribution < -0.4 is 5.32 Å². The van der Waals surface area contributed by atoms with E-state index in [0.717, 1.165) is 23.1 Å². The highest BCUT2D eigenvalue weighted by molar-refractivity contribution is 6.08. The van der Waals surface area contributed by atoms with E-state index in [9.17, 15) is 9.18 Å². The van der Waals surface area contributed by atoms with Gasteiger partial charge in [0.15, 0.2) is 5.65 Å². The maximum Gasteiger partial charge on any atom is 0.260 e.